The van der Waals surface area contributed by atoms with E-state index in [1.165, 1.54) is 11.1 Å². The normalized spacial score (nSPS) is 12.4. The zero-order valence-corrected chi connectivity index (χ0v) is 14.9. The first kappa shape index (κ1) is 16.5. The van der Waals surface area contributed by atoms with E-state index in [0.717, 1.165) is 33.7 Å². The lowest BCUT2D eigenvalue weighted by Gasteiger charge is -2.20. The molecular weight excluding hydrogens is 348 g/mol. The number of aryl methyl sites for hydroxylation is 2. The van der Waals surface area contributed by atoms with Gasteiger partial charge in [0.15, 0.2) is 0 Å². The molecule has 21 heavy (non-hydrogen) atoms. The molecule has 0 fully saturated rings. The Labute approximate surface area is 140 Å². The summed E-state index contributed by atoms with van der Waals surface area (Å²) >= 11 is 9.79. The molecule has 4 heteroatoms. The van der Waals surface area contributed by atoms with Crippen LogP contribution in [0.5, 0.6) is 0 Å². The number of hydrogen-bond acceptors (Lipinski definition) is 2. The summed E-state index contributed by atoms with van der Waals surface area (Å²) in [5.74, 6) is 0. The Hall–Kier alpha value is -0.900. The lowest BCUT2D eigenvalue weighted by atomic mass is 9.99. The molecule has 1 unspecified atom stereocenters. The molecule has 1 aromatic heterocycles. The molecule has 0 radical (unpaired) electrons. The third kappa shape index (κ3) is 4.29. The van der Waals surface area contributed by atoms with E-state index in [4.69, 9.17) is 11.6 Å². The quantitative estimate of drug-likeness (QED) is 0.803. The average Bonchev–Trinajstić information content (AvgIpc) is 2.41. The van der Waals surface area contributed by atoms with Crippen LogP contribution in [0.1, 0.15) is 35.3 Å². The molecule has 2 rings (SSSR count). The predicted molar refractivity (Wildman–Crippen MR) is 93.0 cm³/mol. The van der Waals surface area contributed by atoms with Crippen LogP contribution >= 0.6 is 27.5 Å². The zero-order chi connectivity index (χ0) is 15.4. The fraction of sp³-hybridized carbons (Fsp3) is 0.353. The lowest BCUT2D eigenvalue weighted by Crippen LogP contribution is -2.25. The molecule has 2 aromatic rings. The van der Waals surface area contributed by atoms with E-state index in [-0.39, 0.29) is 6.04 Å². The lowest BCUT2D eigenvalue weighted by molar-refractivity contribution is 0.533. The number of likely N-dealkylation sites (N-methyl/N-ethyl adjacent to an activating group) is 1. The second-order valence-electron chi connectivity index (χ2n) is 5.26. The molecule has 0 bridgehead atoms. The van der Waals surface area contributed by atoms with Crippen molar-refractivity contribution in [2.45, 2.75) is 33.2 Å². The van der Waals surface area contributed by atoms with Gasteiger partial charge in [-0.3, -0.25) is 4.98 Å². The fourth-order valence-corrected chi connectivity index (χ4v) is 3.26. The molecule has 112 valence electrons. The van der Waals surface area contributed by atoms with Gasteiger partial charge in [0.05, 0.1) is 11.7 Å². The van der Waals surface area contributed by atoms with Gasteiger partial charge in [-0.1, -0.05) is 46.6 Å². The SMILES string of the molecule is CCNC(Cc1ccc(Br)cc1Cl)c1ncc(C)cc1C. The zero-order valence-electron chi connectivity index (χ0n) is 12.6. The molecule has 0 aliphatic rings. The molecular formula is C17H20BrClN2. The first-order valence-electron chi connectivity index (χ1n) is 7.11. The molecule has 1 heterocycles. The van der Waals surface area contributed by atoms with Crippen LogP contribution in [0.15, 0.2) is 34.9 Å². The summed E-state index contributed by atoms with van der Waals surface area (Å²) in [4.78, 5) is 4.63. The van der Waals surface area contributed by atoms with Gasteiger partial charge in [0.2, 0.25) is 0 Å². The molecule has 1 atom stereocenters. The number of benzene rings is 1. The van der Waals surface area contributed by atoms with Crippen LogP contribution in [-0.2, 0) is 6.42 Å². The van der Waals surface area contributed by atoms with Crippen LogP contribution in [-0.4, -0.2) is 11.5 Å². The minimum Gasteiger partial charge on any atom is -0.309 e. The van der Waals surface area contributed by atoms with Crippen LogP contribution in [0.4, 0.5) is 0 Å². The Bertz CT molecular complexity index is 628. The second-order valence-corrected chi connectivity index (χ2v) is 6.59. The summed E-state index contributed by atoms with van der Waals surface area (Å²) in [7, 11) is 0. The van der Waals surface area contributed by atoms with Crippen LogP contribution in [0, 0.1) is 13.8 Å². The maximum atomic E-state index is 6.35. The Kier molecular flexibility index (Phi) is 5.80. The number of hydrogen-bond donors (Lipinski definition) is 1. The number of nitrogens with zero attached hydrogens (tertiary/aromatic N) is 1. The molecule has 0 amide bonds. The van der Waals surface area contributed by atoms with Gasteiger partial charge < -0.3 is 5.32 Å². The Morgan fingerprint density at radius 3 is 2.67 bits per heavy atom. The van der Waals surface area contributed by atoms with E-state index in [9.17, 15) is 0 Å². The number of aromatic nitrogens is 1. The van der Waals surface area contributed by atoms with Crippen molar-refractivity contribution in [3.8, 4) is 0 Å². The molecule has 1 aromatic carbocycles. The molecule has 2 nitrogen and oxygen atoms in total. The van der Waals surface area contributed by atoms with Gasteiger partial charge in [0, 0.05) is 15.7 Å². The molecule has 0 aliphatic carbocycles. The van der Waals surface area contributed by atoms with E-state index < -0.39 is 0 Å². The van der Waals surface area contributed by atoms with E-state index in [2.05, 4.69) is 59.1 Å². The highest BCUT2D eigenvalue weighted by atomic mass is 79.9. The topological polar surface area (TPSA) is 24.9 Å². The van der Waals surface area contributed by atoms with Crippen LogP contribution in [0.2, 0.25) is 5.02 Å². The van der Waals surface area contributed by atoms with E-state index in [1.807, 2.05) is 18.3 Å². The molecule has 0 aliphatic heterocycles. The van der Waals surface area contributed by atoms with Crippen molar-refractivity contribution >= 4 is 27.5 Å². The highest BCUT2D eigenvalue weighted by Gasteiger charge is 2.16. The van der Waals surface area contributed by atoms with Gasteiger partial charge in [-0.2, -0.15) is 0 Å². The third-order valence-corrected chi connectivity index (χ3v) is 4.32. The van der Waals surface area contributed by atoms with Gasteiger partial charge >= 0.3 is 0 Å². The van der Waals surface area contributed by atoms with Gasteiger partial charge in [0.25, 0.3) is 0 Å². The second kappa shape index (κ2) is 7.39. The van der Waals surface area contributed by atoms with Crippen molar-refractivity contribution in [1.29, 1.82) is 0 Å². The smallest absolute Gasteiger partial charge is 0.0605 e. The number of pyridine rings is 1. The fourth-order valence-electron chi connectivity index (χ4n) is 2.51. The summed E-state index contributed by atoms with van der Waals surface area (Å²) in [5, 5.41) is 4.31. The first-order valence-corrected chi connectivity index (χ1v) is 8.28. The predicted octanol–water partition coefficient (Wildman–Crippen LogP) is 5.01. The maximum Gasteiger partial charge on any atom is 0.0605 e. The maximum absolute atomic E-state index is 6.35. The number of rotatable bonds is 5. The van der Waals surface area contributed by atoms with Crippen molar-refractivity contribution in [3.05, 3.63) is 62.3 Å². The molecule has 1 N–H and O–H groups in total. The Morgan fingerprint density at radius 1 is 1.29 bits per heavy atom. The van der Waals surface area contributed by atoms with Gasteiger partial charge in [-0.25, -0.2) is 0 Å². The Morgan fingerprint density at radius 2 is 2.05 bits per heavy atom. The molecule has 0 spiro atoms. The monoisotopic (exact) mass is 366 g/mol. The van der Waals surface area contributed by atoms with E-state index in [0.29, 0.717) is 0 Å². The van der Waals surface area contributed by atoms with E-state index in [1.54, 1.807) is 0 Å². The van der Waals surface area contributed by atoms with Crippen LogP contribution < -0.4 is 5.32 Å². The average molecular weight is 368 g/mol. The molecule has 0 saturated heterocycles. The number of halogens is 2. The largest absolute Gasteiger partial charge is 0.309 e. The summed E-state index contributed by atoms with van der Waals surface area (Å²) in [6.07, 6.45) is 2.76. The van der Waals surface area contributed by atoms with Crippen molar-refractivity contribution in [1.82, 2.24) is 10.3 Å². The van der Waals surface area contributed by atoms with E-state index >= 15 is 0 Å². The Balaban J connectivity index is 2.30. The minimum atomic E-state index is 0.175. The molecule has 0 saturated carbocycles. The van der Waals surface area contributed by atoms with Crippen LogP contribution in [0.3, 0.4) is 0 Å². The summed E-state index contributed by atoms with van der Waals surface area (Å²) < 4.78 is 1.00. The van der Waals surface area contributed by atoms with Gasteiger partial charge in [0.1, 0.15) is 0 Å². The van der Waals surface area contributed by atoms with Gasteiger partial charge in [-0.15, -0.1) is 0 Å². The first-order chi connectivity index (χ1) is 10.0. The van der Waals surface area contributed by atoms with Crippen molar-refractivity contribution in [2.24, 2.45) is 0 Å². The van der Waals surface area contributed by atoms with Gasteiger partial charge in [-0.05, 0) is 55.6 Å². The highest BCUT2D eigenvalue weighted by Crippen LogP contribution is 2.27. The summed E-state index contributed by atoms with van der Waals surface area (Å²) in [6, 6.07) is 8.39. The van der Waals surface area contributed by atoms with Crippen molar-refractivity contribution < 1.29 is 0 Å². The van der Waals surface area contributed by atoms with Crippen LogP contribution in [0.25, 0.3) is 0 Å². The summed E-state index contributed by atoms with van der Waals surface area (Å²) in [6.45, 7) is 7.19. The van der Waals surface area contributed by atoms with Crippen molar-refractivity contribution in [3.63, 3.8) is 0 Å². The standard InChI is InChI=1S/C17H20BrClN2/c1-4-20-16(17-12(3)7-11(2)10-21-17)8-13-5-6-14(18)9-15(13)19/h5-7,9-10,16,20H,4,8H2,1-3H3. The number of nitrogens with one attached hydrogen (secondary N) is 1. The van der Waals surface area contributed by atoms with Crippen molar-refractivity contribution in [2.75, 3.05) is 6.54 Å². The third-order valence-electron chi connectivity index (χ3n) is 3.48. The summed E-state index contributed by atoms with van der Waals surface area (Å²) in [5.41, 5.74) is 4.64. The highest BCUT2D eigenvalue weighted by molar-refractivity contribution is 9.10. The minimum absolute atomic E-state index is 0.175.